The van der Waals surface area contributed by atoms with Gasteiger partial charge in [0.05, 0.1) is 12.7 Å². The predicted octanol–water partition coefficient (Wildman–Crippen LogP) is 0.776. The van der Waals surface area contributed by atoms with Gasteiger partial charge in [-0.3, -0.25) is 0 Å². The first kappa shape index (κ1) is 10.8. The molecule has 2 N–H and O–H groups in total. The summed E-state index contributed by atoms with van der Waals surface area (Å²) in [5.41, 5.74) is 0. The van der Waals surface area contributed by atoms with Crippen LogP contribution in [-0.4, -0.2) is 22.9 Å². The summed E-state index contributed by atoms with van der Waals surface area (Å²) < 4.78 is 0. The van der Waals surface area contributed by atoms with Crippen LogP contribution in [0.3, 0.4) is 0 Å². The molecule has 8 heavy (non-hydrogen) atoms. The largest absolute Gasteiger partial charge is 0.394 e. The smallest absolute Gasteiger partial charge is 0.0768 e. The summed E-state index contributed by atoms with van der Waals surface area (Å²) in [6, 6.07) is 0. The molecular formula is C6H16O2. The molecule has 0 saturated heterocycles. The number of hydrogen-bond donors (Lipinski definition) is 2. The van der Waals surface area contributed by atoms with Gasteiger partial charge < -0.3 is 10.2 Å². The van der Waals surface area contributed by atoms with Gasteiger partial charge in [0, 0.05) is 0 Å². The quantitative estimate of drug-likeness (QED) is 0.565. The third kappa shape index (κ3) is 9.33. The maximum Gasteiger partial charge on any atom is 0.0768 e. The molecule has 1 atom stereocenters. The summed E-state index contributed by atoms with van der Waals surface area (Å²) in [7, 11) is 0. The van der Waals surface area contributed by atoms with E-state index in [1.807, 2.05) is 20.8 Å². The first-order valence-electron chi connectivity index (χ1n) is 3.10. The van der Waals surface area contributed by atoms with Crippen LogP contribution in [0.2, 0.25) is 0 Å². The van der Waals surface area contributed by atoms with Gasteiger partial charge in [-0.15, -0.1) is 0 Å². The Morgan fingerprint density at radius 1 is 1.38 bits per heavy atom. The average molecular weight is 120 g/mol. The van der Waals surface area contributed by atoms with Crippen molar-refractivity contribution in [2.75, 3.05) is 6.61 Å². The van der Waals surface area contributed by atoms with Gasteiger partial charge in [0.15, 0.2) is 0 Å². The van der Waals surface area contributed by atoms with Crippen LogP contribution in [0, 0.1) is 0 Å². The van der Waals surface area contributed by atoms with Gasteiger partial charge in [0.2, 0.25) is 0 Å². The van der Waals surface area contributed by atoms with Crippen molar-refractivity contribution < 1.29 is 10.2 Å². The maximum absolute atomic E-state index is 8.42. The van der Waals surface area contributed by atoms with E-state index in [9.17, 15) is 0 Å². The van der Waals surface area contributed by atoms with Crippen LogP contribution in [0.1, 0.15) is 27.2 Å². The highest BCUT2D eigenvalue weighted by atomic mass is 16.3. The van der Waals surface area contributed by atoms with E-state index in [4.69, 9.17) is 10.2 Å². The molecule has 0 aliphatic heterocycles. The van der Waals surface area contributed by atoms with Gasteiger partial charge in [0.25, 0.3) is 0 Å². The second-order valence-electron chi connectivity index (χ2n) is 1.24. The van der Waals surface area contributed by atoms with Gasteiger partial charge in [-0.2, -0.15) is 0 Å². The highest BCUT2D eigenvalue weighted by Crippen LogP contribution is 1.83. The normalized spacial score (nSPS) is 11.6. The van der Waals surface area contributed by atoms with Crippen LogP contribution in [0.15, 0.2) is 0 Å². The fourth-order valence-corrected chi connectivity index (χ4v) is 0.129. The topological polar surface area (TPSA) is 40.5 Å². The Balaban J connectivity index is 0. The van der Waals surface area contributed by atoms with Crippen molar-refractivity contribution >= 4 is 0 Å². The minimum Gasteiger partial charge on any atom is -0.394 e. The van der Waals surface area contributed by atoms with Crippen molar-refractivity contribution in [3.63, 3.8) is 0 Å². The van der Waals surface area contributed by atoms with Crippen LogP contribution in [0.5, 0.6) is 0 Å². The Hall–Kier alpha value is -0.0800. The molecule has 52 valence electrons. The Labute approximate surface area is 51.2 Å². The second-order valence-corrected chi connectivity index (χ2v) is 1.24. The van der Waals surface area contributed by atoms with Crippen LogP contribution in [0.25, 0.3) is 0 Å². The molecule has 0 aromatic rings. The second kappa shape index (κ2) is 10.0. The van der Waals surface area contributed by atoms with Crippen LogP contribution >= 0.6 is 0 Å². The SMILES string of the molecule is CC.CCC(O)CO. The van der Waals surface area contributed by atoms with Crippen molar-refractivity contribution in [2.45, 2.75) is 33.3 Å². The average Bonchev–Trinajstić information content (AvgIpc) is 1.91. The van der Waals surface area contributed by atoms with Crippen molar-refractivity contribution in [3.05, 3.63) is 0 Å². The predicted molar refractivity (Wildman–Crippen MR) is 34.7 cm³/mol. The summed E-state index contributed by atoms with van der Waals surface area (Å²) in [6.07, 6.45) is 0.126. The monoisotopic (exact) mass is 120 g/mol. The van der Waals surface area contributed by atoms with Gasteiger partial charge in [-0.1, -0.05) is 20.8 Å². The van der Waals surface area contributed by atoms with Crippen LogP contribution < -0.4 is 0 Å². The first-order chi connectivity index (χ1) is 3.81. The summed E-state index contributed by atoms with van der Waals surface area (Å²) in [5.74, 6) is 0. The molecule has 0 aliphatic carbocycles. The number of aliphatic hydroxyl groups is 2. The Kier molecular flexibility index (Phi) is 13.6. The third-order valence-corrected chi connectivity index (χ3v) is 0.682. The lowest BCUT2D eigenvalue weighted by atomic mass is 10.3. The van der Waals surface area contributed by atoms with E-state index in [0.717, 1.165) is 0 Å². The van der Waals surface area contributed by atoms with Gasteiger partial charge in [-0.05, 0) is 6.42 Å². The molecule has 0 amide bonds. The van der Waals surface area contributed by atoms with E-state index in [0.29, 0.717) is 6.42 Å². The Morgan fingerprint density at radius 3 is 1.75 bits per heavy atom. The number of aliphatic hydroxyl groups excluding tert-OH is 2. The summed E-state index contributed by atoms with van der Waals surface area (Å²) in [6.45, 7) is 5.71. The van der Waals surface area contributed by atoms with Gasteiger partial charge in [-0.25, -0.2) is 0 Å². The fourth-order valence-electron chi connectivity index (χ4n) is 0.129. The highest BCUT2D eigenvalue weighted by molar-refractivity contribution is 4.43. The zero-order valence-electron chi connectivity index (χ0n) is 5.89. The van der Waals surface area contributed by atoms with Crippen molar-refractivity contribution in [3.8, 4) is 0 Å². The van der Waals surface area contributed by atoms with Gasteiger partial charge >= 0.3 is 0 Å². The van der Waals surface area contributed by atoms with E-state index in [2.05, 4.69) is 0 Å². The maximum atomic E-state index is 8.42. The lowest BCUT2D eigenvalue weighted by Gasteiger charge is -1.97. The zero-order valence-corrected chi connectivity index (χ0v) is 5.89. The van der Waals surface area contributed by atoms with Crippen LogP contribution in [0.4, 0.5) is 0 Å². The number of rotatable bonds is 2. The standard InChI is InChI=1S/C4H10O2.C2H6/c1-2-4(6)3-5;1-2/h4-6H,2-3H2,1H3;1-2H3. The molecule has 0 spiro atoms. The third-order valence-electron chi connectivity index (χ3n) is 0.682. The Morgan fingerprint density at radius 2 is 1.75 bits per heavy atom. The molecule has 0 heterocycles. The lowest BCUT2D eigenvalue weighted by Crippen LogP contribution is -2.08. The molecular weight excluding hydrogens is 104 g/mol. The highest BCUT2D eigenvalue weighted by Gasteiger charge is 1.92. The molecule has 0 aromatic carbocycles. The molecule has 0 saturated carbocycles. The van der Waals surface area contributed by atoms with Crippen molar-refractivity contribution in [1.82, 2.24) is 0 Å². The summed E-state index contributed by atoms with van der Waals surface area (Å²) >= 11 is 0. The molecule has 0 bridgehead atoms. The molecule has 0 rings (SSSR count). The minimum absolute atomic E-state index is 0.115. The lowest BCUT2D eigenvalue weighted by molar-refractivity contribution is 0.0923. The van der Waals surface area contributed by atoms with Crippen molar-refractivity contribution in [1.29, 1.82) is 0 Å². The molecule has 0 aliphatic rings. The van der Waals surface area contributed by atoms with E-state index in [1.54, 1.807) is 0 Å². The molecule has 2 heteroatoms. The summed E-state index contributed by atoms with van der Waals surface area (Å²) in [5, 5.41) is 16.5. The molecule has 2 nitrogen and oxygen atoms in total. The molecule has 0 aromatic heterocycles. The molecule has 1 unspecified atom stereocenters. The van der Waals surface area contributed by atoms with E-state index in [1.165, 1.54) is 0 Å². The van der Waals surface area contributed by atoms with E-state index in [-0.39, 0.29) is 6.61 Å². The zero-order chi connectivity index (χ0) is 6.99. The number of hydrogen-bond acceptors (Lipinski definition) is 2. The minimum atomic E-state index is -0.509. The summed E-state index contributed by atoms with van der Waals surface area (Å²) in [4.78, 5) is 0. The Bertz CT molecular complexity index is 25.7. The molecule has 0 radical (unpaired) electrons. The van der Waals surface area contributed by atoms with Crippen molar-refractivity contribution in [2.24, 2.45) is 0 Å². The van der Waals surface area contributed by atoms with E-state index < -0.39 is 6.10 Å². The fraction of sp³-hybridized carbons (Fsp3) is 1.00. The van der Waals surface area contributed by atoms with Crippen LogP contribution in [-0.2, 0) is 0 Å². The molecule has 0 fully saturated rings. The van der Waals surface area contributed by atoms with Gasteiger partial charge in [0.1, 0.15) is 0 Å². The van der Waals surface area contributed by atoms with E-state index >= 15 is 0 Å². The first-order valence-corrected chi connectivity index (χ1v) is 3.10.